The normalized spacial score (nSPS) is 13.1. The summed E-state index contributed by atoms with van der Waals surface area (Å²) in [6, 6.07) is 4.69. The van der Waals surface area contributed by atoms with Gasteiger partial charge < -0.3 is 15.5 Å². The van der Waals surface area contributed by atoms with Crippen molar-refractivity contribution in [3.63, 3.8) is 0 Å². The number of carbonyl (C=O) groups is 1. The summed E-state index contributed by atoms with van der Waals surface area (Å²) in [5.41, 5.74) is 0.163. The molecule has 1 aromatic rings. The monoisotopic (exact) mass is 259 g/mol. The van der Waals surface area contributed by atoms with Crippen LogP contribution < -0.4 is 5.32 Å². The number of sulfone groups is 1. The molecule has 0 aliphatic carbocycles. The Kier molecular flexibility index (Phi) is 4.08. The Balaban J connectivity index is 3.11. The summed E-state index contributed by atoms with van der Waals surface area (Å²) in [7, 11) is -3.45. The van der Waals surface area contributed by atoms with Gasteiger partial charge in [-0.15, -0.1) is 0 Å². The first-order chi connectivity index (χ1) is 7.86. The lowest BCUT2D eigenvalue weighted by Gasteiger charge is -2.15. The molecule has 0 spiro atoms. The smallest absolute Gasteiger partial charge is 0.328 e. The summed E-state index contributed by atoms with van der Waals surface area (Å²) in [4.78, 5) is 10.7. The number of hydrogen-bond donors (Lipinski definition) is 3. The number of para-hydroxylation sites is 1. The zero-order valence-corrected chi connectivity index (χ0v) is 9.94. The van der Waals surface area contributed by atoms with E-state index in [0.29, 0.717) is 0 Å². The molecule has 0 heterocycles. The number of aliphatic carboxylic acids is 1. The largest absolute Gasteiger partial charge is 0.480 e. The van der Waals surface area contributed by atoms with E-state index in [9.17, 15) is 13.2 Å². The van der Waals surface area contributed by atoms with Gasteiger partial charge in [0.15, 0.2) is 9.84 Å². The van der Waals surface area contributed by atoms with E-state index in [1.807, 2.05) is 0 Å². The van der Waals surface area contributed by atoms with Crippen LogP contribution >= 0.6 is 0 Å². The summed E-state index contributed by atoms with van der Waals surface area (Å²) in [6.07, 6.45) is 1.03. The topological polar surface area (TPSA) is 104 Å². The van der Waals surface area contributed by atoms with Gasteiger partial charge in [0.1, 0.15) is 6.04 Å². The van der Waals surface area contributed by atoms with E-state index >= 15 is 0 Å². The van der Waals surface area contributed by atoms with Crippen LogP contribution in [-0.4, -0.2) is 43.5 Å². The second kappa shape index (κ2) is 5.15. The van der Waals surface area contributed by atoms with E-state index in [4.69, 9.17) is 10.2 Å². The van der Waals surface area contributed by atoms with Crippen LogP contribution in [0.4, 0.5) is 5.69 Å². The molecule has 0 bridgehead atoms. The summed E-state index contributed by atoms with van der Waals surface area (Å²) < 4.78 is 22.9. The summed E-state index contributed by atoms with van der Waals surface area (Å²) >= 11 is 0. The van der Waals surface area contributed by atoms with Gasteiger partial charge in [-0.1, -0.05) is 12.1 Å². The Bertz CT molecular complexity index is 511. The molecule has 0 aliphatic heterocycles. The average Bonchev–Trinajstić information content (AvgIpc) is 2.24. The molecule has 0 saturated carbocycles. The third kappa shape index (κ3) is 3.43. The number of rotatable bonds is 5. The van der Waals surface area contributed by atoms with Crippen LogP contribution in [0.1, 0.15) is 0 Å². The van der Waals surface area contributed by atoms with Crippen LogP contribution in [0, 0.1) is 0 Å². The van der Waals surface area contributed by atoms with Crippen LogP contribution in [0.2, 0.25) is 0 Å². The van der Waals surface area contributed by atoms with Crippen LogP contribution in [0.25, 0.3) is 0 Å². The standard InChI is InChI=1S/C10H13NO5S/c1-17(15,16)9-5-3-2-4-7(9)11-8(6-12)10(13)14/h2-5,8,11-12H,6H2,1H3,(H,13,14)/t8-/m0/s1. The van der Waals surface area contributed by atoms with Crippen LogP contribution in [0.5, 0.6) is 0 Å². The lowest BCUT2D eigenvalue weighted by atomic mass is 10.2. The highest BCUT2D eigenvalue weighted by Crippen LogP contribution is 2.21. The van der Waals surface area contributed by atoms with Crippen molar-refractivity contribution in [1.82, 2.24) is 0 Å². The molecule has 0 aliphatic rings. The van der Waals surface area contributed by atoms with E-state index in [2.05, 4.69) is 5.32 Å². The maximum Gasteiger partial charge on any atom is 0.328 e. The molecule has 7 heteroatoms. The van der Waals surface area contributed by atoms with Gasteiger partial charge in [0.2, 0.25) is 0 Å². The number of aliphatic hydroxyl groups excluding tert-OH is 1. The SMILES string of the molecule is CS(=O)(=O)c1ccccc1N[C@@H](CO)C(=O)O. The molecule has 17 heavy (non-hydrogen) atoms. The van der Waals surface area contributed by atoms with E-state index in [0.717, 1.165) is 6.26 Å². The summed E-state index contributed by atoms with van der Waals surface area (Å²) in [5, 5.41) is 20.1. The lowest BCUT2D eigenvalue weighted by molar-refractivity contribution is -0.138. The molecule has 0 fully saturated rings. The second-order valence-corrected chi connectivity index (χ2v) is 5.47. The molecule has 0 radical (unpaired) electrons. The first kappa shape index (κ1) is 13.5. The lowest BCUT2D eigenvalue weighted by Crippen LogP contribution is -2.33. The molecule has 1 rings (SSSR count). The molecule has 6 nitrogen and oxygen atoms in total. The van der Waals surface area contributed by atoms with Crippen molar-refractivity contribution >= 4 is 21.5 Å². The molecule has 94 valence electrons. The highest BCUT2D eigenvalue weighted by atomic mass is 32.2. The van der Waals surface area contributed by atoms with Crippen molar-refractivity contribution in [1.29, 1.82) is 0 Å². The molecule has 0 saturated heterocycles. The number of aliphatic hydroxyl groups is 1. The molecular weight excluding hydrogens is 246 g/mol. The zero-order chi connectivity index (χ0) is 13.1. The quantitative estimate of drug-likeness (QED) is 0.685. The number of carboxylic acids is 1. The van der Waals surface area contributed by atoms with E-state index in [-0.39, 0.29) is 10.6 Å². The number of anilines is 1. The fraction of sp³-hybridized carbons (Fsp3) is 0.300. The Labute approximate surface area is 98.8 Å². The predicted octanol–water partition coefficient (Wildman–Crippen LogP) is -0.0525. The molecule has 3 N–H and O–H groups in total. The fourth-order valence-corrected chi connectivity index (χ4v) is 2.13. The van der Waals surface area contributed by atoms with Crippen molar-refractivity contribution in [2.45, 2.75) is 10.9 Å². The first-order valence-electron chi connectivity index (χ1n) is 4.75. The van der Waals surface area contributed by atoms with Gasteiger partial charge in [0.25, 0.3) is 0 Å². The van der Waals surface area contributed by atoms with Crippen LogP contribution in [0.15, 0.2) is 29.2 Å². The molecular formula is C10H13NO5S. The number of hydrogen-bond acceptors (Lipinski definition) is 5. The van der Waals surface area contributed by atoms with Gasteiger partial charge in [-0.3, -0.25) is 0 Å². The van der Waals surface area contributed by atoms with Gasteiger partial charge in [-0.25, -0.2) is 13.2 Å². The van der Waals surface area contributed by atoms with Crippen molar-refractivity contribution in [2.75, 3.05) is 18.2 Å². The Morgan fingerprint density at radius 3 is 2.47 bits per heavy atom. The second-order valence-electron chi connectivity index (χ2n) is 3.49. The maximum absolute atomic E-state index is 11.4. The van der Waals surface area contributed by atoms with Crippen molar-refractivity contribution in [2.24, 2.45) is 0 Å². The first-order valence-corrected chi connectivity index (χ1v) is 6.64. The predicted molar refractivity (Wildman–Crippen MR) is 61.7 cm³/mol. The van der Waals surface area contributed by atoms with Crippen molar-refractivity contribution in [3.05, 3.63) is 24.3 Å². The number of nitrogens with one attached hydrogen (secondary N) is 1. The van der Waals surface area contributed by atoms with Gasteiger partial charge in [-0.05, 0) is 12.1 Å². The Morgan fingerprint density at radius 2 is 2.00 bits per heavy atom. The minimum Gasteiger partial charge on any atom is -0.480 e. The van der Waals surface area contributed by atoms with Crippen molar-refractivity contribution < 1.29 is 23.4 Å². The van der Waals surface area contributed by atoms with E-state index in [1.54, 1.807) is 6.07 Å². The molecule has 1 atom stereocenters. The summed E-state index contributed by atoms with van der Waals surface area (Å²) in [5.74, 6) is -1.25. The molecule has 0 unspecified atom stereocenters. The van der Waals surface area contributed by atoms with Crippen molar-refractivity contribution in [3.8, 4) is 0 Å². The maximum atomic E-state index is 11.4. The van der Waals surface area contributed by atoms with Gasteiger partial charge in [0, 0.05) is 6.26 Å². The molecule has 1 aromatic carbocycles. The fourth-order valence-electron chi connectivity index (χ4n) is 1.28. The Morgan fingerprint density at radius 1 is 1.41 bits per heavy atom. The minimum absolute atomic E-state index is 0.000278. The highest BCUT2D eigenvalue weighted by Gasteiger charge is 2.19. The highest BCUT2D eigenvalue weighted by molar-refractivity contribution is 7.90. The van der Waals surface area contributed by atoms with E-state index in [1.165, 1.54) is 18.2 Å². The van der Waals surface area contributed by atoms with E-state index < -0.39 is 28.5 Å². The molecule has 0 aromatic heterocycles. The third-order valence-corrected chi connectivity index (χ3v) is 3.25. The van der Waals surface area contributed by atoms with Gasteiger partial charge in [0.05, 0.1) is 17.2 Å². The van der Waals surface area contributed by atoms with Crippen LogP contribution in [0.3, 0.4) is 0 Å². The number of benzene rings is 1. The van der Waals surface area contributed by atoms with Gasteiger partial charge >= 0.3 is 5.97 Å². The Hall–Kier alpha value is -1.60. The molecule has 0 amide bonds. The number of carboxylic acid groups (broad SMARTS) is 1. The van der Waals surface area contributed by atoms with Gasteiger partial charge in [-0.2, -0.15) is 0 Å². The van der Waals surface area contributed by atoms with Crippen LogP contribution in [-0.2, 0) is 14.6 Å². The minimum atomic E-state index is -3.45. The average molecular weight is 259 g/mol. The summed E-state index contributed by atoms with van der Waals surface area (Å²) in [6.45, 7) is -0.632. The third-order valence-electron chi connectivity index (χ3n) is 2.10. The zero-order valence-electron chi connectivity index (χ0n) is 9.12.